The lowest BCUT2D eigenvalue weighted by Crippen LogP contribution is -2.47. The minimum atomic E-state index is -0.506. The van der Waals surface area contributed by atoms with Crippen LogP contribution >= 0.6 is 11.3 Å². The van der Waals surface area contributed by atoms with Crippen LogP contribution in [-0.2, 0) is 9.47 Å². The van der Waals surface area contributed by atoms with Crippen LogP contribution in [0.4, 0.5) is 5.13 Å². The molecule has 7 nitrogen and oxygen atoms in total. The van der Waals surface area contributed by atoms with Crippen LogP contribution in [0.3, 0.4) is 0 Å². The number of aromatic nitrogens is 1. The Hall–Kier alpha value is -2.29. The Morgan fingerprint density at radius 3 is 2.50 bits per heavy atom. The van der Waals surface area contributed by atoms with E-state index in [1.807, 2.05) is 6.07 Å². The summed E-state index contributed by atoms with van der Waals surface area (Å²) in [5.74, 6) is -0.878. The molecule has 0 radical (unpaired) electrons. The summed E-state index contributed by atoms with van der Waals surface area (Å²) >= 11 is 1.24. The van der Waals surface area contributed by atoms with Crippen molar-refractivity contribution in [2.45, 2.75) is 18.6 Å². The molecule has 0 aliphatic carbocycles. The van der Waals surface area contributed by atoms with Crippen molar-refractivity contribution in [1.82, 2.24) is 9.88 Å². The molecule has 1 aromatic carbocycles. The maximum absolute atomic E-state index is 12.6. The molecule has 2 saturated heterocycles. The number of rotatable bonds is 3. The Bertz CT molecular complexity index is 792. The highest BCUT2D eigenvalue weighted by atomic mass is 32.1. The fraction of sp³-hybridized carbons (Fsp3) is 0.389. The summed E-state index contributed by atoms with van der Waals surface area (Å²) in [6.45, 7) is 2.37. The maximum atomic E-state index is 12.6. The highest BCUT2D eigenvalue weighted by Gasteiger charge is 2.41. The largest absolute Gasteiger partial charge is 0.347 e. The summed E-state index contributed by atoms with van der Waals surface area (Å²) in [6.07, 6.45) is 1.33. The van der Waals surface area contributed by atoms with Gasteiger partial charge in [0.1, 0.15) is 5.69 Å². The van der Waals surface area contributed by atoms with E-state index in [1.54, 1.807) is 34.5 Å². The van der Waals surface area contributed by atoms with Gasteiger partial charge in [-0.1, -0.05) is 18.2 Å². The molecule has 0 atom stereocenters. The van der Waals surface area contributed by atoms with Gasteiger partial charge in [0.25, 0.3) is 11.8 Å². The number of carbonyl (C=O) groups excluding carboxylic acids is 2. The van der Waals surface area contributed by atoms with E-state index in [9.17, 15) is 9.59 Å². The predicted octanol–water partition coefficient (Wildman–Crippen LogP) is 2.37. The van der Waals surface area contributed by atoms with Gasteiger partial charge in [0.15, 0.2) is 10.9 Å². The van der Waals surface area contributed by atoms with Crippen LogP contribution < -0.4 is 5.32 Å². The highest BCUT2D eigenvalue weighted by molar-refractivity contribution is 7.14. The zero-order valence-electron chi connectivity index (χ0n) is 14.1. The van der Waals surface area contributed by atoms with Gasteiger partial charge in [-0.05, 0) is 12.1 Å². The fourth-order valence-electron chi connectivity index (χ4n) is 3.19. The molecular weight excluding hydrogens is 354 g/mol. The van der Waals surface area contributed by atoms with E-state index in [2.05, 4.69) is 10.3 Å². The van der Waals surface area contributed by atoms with Crippen molar-refractivity contribution in [3.05, 3.63) is 47.0 Å². The van der Waals surface area contributed by atoms with Gasteiger partial charge in [-0.3, -0.25) is 14.9 Å². The molecule has 3 heterocycles. The monoisotopic (exact) mass is 373 g/mol. The van der Waals surface area contributed by atoms with Crippen LogP contribution in [-0.4, -0.2) is 53.8 Å². The second-order valence-electron chi connectivity index (χ2n) is 6.26. The van der Waals surface area contributed by atoms with E-state index in [4.69, 9.17) is 9.47 Å². The van der Waals surface area contributed by atoms with Crippen LogP contribution in [0.25, 0.3) is 0 Å². The van der Waals surface area contributed by atoms with Crippen molar-refractivity contribution in [1.29, 1.82) is 0 Å². The molecule has 2 aromatic rings. The molecule has 1 spiro atoms. The lowest BCUT2D eigenvalue weighted by atomic mass is 10.0. The van der Waals surface area contributed by atoms with Gasteiger partial charge < -0.3 is 14.4 Å². The summed E-state index contributed by atoms with van der Waals surface area (Å²) in [6, 6.07) is 8.90. The van der Waals surface area contributed by atoms with Crippen molar-refractivity contribution in [3.8, 4) is 0 Å². The lowest BCUT2D eigenvalue weighted by molar-refractivity contribution is -0.181. The van der Waals surface area contributed by atoms with Gasteiger partial charge in [0, 0.05) is 36.9 Å². The summed E-state index contributed by atoms with van der Waals surface area (Å²) in [5, 5.41) is 4.83. The number of amides is 2. The first kappa shape index (κ1) is 17.1. The number of anilines is 1. The molecule has 2 fully saturated rings. The van der Waals surface area contributed by atoms with E-state index in [0.717, 1.165) is 0 Å². The van der Waals surface area contributed by atoms with Crippen LogP contribution in [0, 0.1) is 0 Å². The van der Waals surface area contributed by atoms with Gasteiger partial charge in [-0.2, -0.15) is 0 Å². The number of hydrogen-bond acceptors (Lipinski definition) is 6. The van der Waals surface area contributed by atoms with Crippen LogP contribution in [0.15, 0.2) is 35.7 Å². The van der Waals surface area contributed by atoms with E-state index in [-0.39, 0.29) is 11.8 Å². The Kier molecular flexibility index (Phi) is 4.71. The topological polar surface area (TPSA) is 80.8 Å². The minimum Gasteiger partial charge on any atom is -0.347 e. The van der Waals surface area contributed by atoms with E-state index >= 15 is 0 Å². The number of hydrogen-bond donors (Lipinski definition) is 1. The molecule has 2 amide bonds. The number of nitrogens with one attached hydrogen (secondary N) is 1. The molecule has 8 heteroatoms. The smallest absolute Gasteiger partial charge is 0.273 e. The third-order valence-corrected chi connectivity index (χ3v) is 5.36. The van der Waals surface area contributed by atoms with E-state index in [1.165, 1.54) is 11.3 Å². The van der Waals surface area contributed by atoms with Crippen LogP contribution in [0.1, 0.15) is 33.7 Å². The summed E-state index contributed by atoms with van der Waals surface area (Å²) in [4.78, 5) is 30.8. The minimum absolute atomic E-state index is 0.130. The van der Waals surface area contributed by atoms with Crippen LogP contribution in [0.2, 0.25) is 0 Å². The van der Waals surface area contributed by atoms with Gasteiger partial charge in [-0.15, -0.1) is 11.3 Å². The first-order valence-electron chi connectivity index (χ1n) is 8.54. The Labute approximate surface area is 154 Å². The van der Waals surface area contributed by atoms with Crippen molar-refractivity contribution >= 4 is 28.3 Å². The van der Waals surface area contributed by atoms with E-state index < -0.39 is 5.79 Å². The number of carbonyl (C=O) groups is 2. The van der Waals surface area contributed by atoms with Gasteiger partial charge in [0.05, 0.1) is 13.2 Å². The van der Waals surface area contributed by atoms with Crippen molar-refractivity contribution < 1.29 is 19.1 Å². The predicted molar refractivity (Wildman–Crippen MR) is 96.3 cm³/mol. The third kappa shape index (κ3) is 3.48. The summed E-state index contributed by atoms with van der Waals surface area (Å²) < 4.78 is 11.4. The molecule has 4 rings (SSSR count). The SMILES string of the molecule is O=C(Nc1nc(C(=O)N2CCC3(CC2)OCCO3)cs1)c1ccccc1. The average molecular weight is 373 g/mol. The molecule has 0 saturated carbocycles. The fourth-order valence-corrected chi connectivity index (χ4v) is 3.87. The molecule has 1 N–H and O–H groups in total. The zero-order valence-corrected chi connectivity index (χ0v) is 15.0. The molecule has 2 aliphatic heterocycles. The maximum Gasteiger partial charge on any atom is 0.273 e. The molecular formula is C18H19N3O4S. The number of nitrogens with zero attached hydrogens (tertiary/aromatic N) is 2. The lowest BCUT2D eigenvalue weighted by Gasteiger charge is -2.37. The van der Waals surface area contributed by atoms with E-state index in [0.29, 0.717) is 55.5 Å². The number of benzene rings is 1. The Morgan fingerprint density at radius 1 is 1.12 bits per heavy atom. The number of ether oxygens (including phenoxy) is 2. The summed E-state index contributed by atoms with van der Waals surface area (Å²) in [5.41, 5.74) is 0.899. The first-order valence-corrected chi connectivity index (χ1v) is 9.42. The number of thiazole rings is 1. The quantitative estimate of drug-likeness (QED) is 0.893. The molecule has 26 heavy (non-hydrogen) atoms. The average Bonchev–Trinajstić information content (AvgIpc) is 3.33. The molecule has 0 bridgehead atoms. The number of piperidine rings is 1. The Balaban J connectivity index is 1.37. The van der Waals surface area contributed by atoms with Gasteiger partial charge >= 0.3 is 0 Å². The van der Waals surface area contributed by atoms with Crippen molar-refractivity contribution in [3.63, 3.8) is 0 Å². The molecule has 136 valence electrons. The van der Waals surface area contributed by atoms with Gasteiger partial charge in [0.2, 0.25) is 0 Å². The van der Waals surface area contributed by atoms with Gasteiger partial charge in [-0.25, -0.2) is 4.98 Å². The standard InChI is InChI=1S/C18H19N3O4S/c22-15(13-4-2-1-3-5-13)20-17-19-14(12-26-17)16(23)21-8-6-18(7-9-21)24-10-11-25-18/h1-5,12H,6-11H2,(H,19,20,22). The van der Waals surface area contributed by atoms with Crippen molar-refractivity contribution in [2.24, 2.45) is 0 Å². The zero-order chi connectivity index (χ0) is 18.0. The molecule has 0 unspecified atom stereocenters. The Morgan fingerprint density at radius 2 is 1.81 bits per heavy atom. The first-order chi connectivity index (χ1) is 12.7. The normalized spacial score (nSPS) is 18.8. The third-order valence-electron chi connectivity index (χ3n) is 4.61. The van der Waals surface area contributed by atoms with Crippen molar-refractivity contribution in [2.75, 3.05) is 31.6 Å². The highest BCUT2D eigenvalue weighted by Crippen LogP contribution is 2.32. The van der Waals surface area contributed by atoms with Crippen LogP contribution in [0.5, 0.6) is 0 Å². The second-order valence-corrected chi connectivity index (χ2v) is 7.12. The molecule has 2 aliphatic rings. The summed E-state index contributed by atoms with van der Waals surface area (Å²) in [7, 11) is 0. The molecule has 1 aromatic heterocycles. The number of likely N-dealkylation sites (tertiary alicyclic amines) is 1. The second kappa shape index (κ2) is 7.14.